The van der Waals surface area contributed by atoms with E-state index in [0.717, 1.165) is 42.9 Å². The fourth-order valence-corrected chi connectivity index (χ4v) is 3.87. The van der Waals surface area contributed by atoms with Crippen molar-refractivity contribution in [3.63, 3.8) is 0 Å². The number of fused-ring (bicyclic) bond motifs is 1. The number of hydrogen-bond donors (Lipinski definition) is 1. The van der Waals surface area contributed by atoms with Gasteiger partial charge in [0.25, 0.3) is 5.91 Å². The number of aliphatic hydroxyl groups is 1. The van der Waals surface area contributed by atoms with Gasteiger partial charge < -0.3 is 19.3 Å². The van der Waals surface area contributed by atoms with Crippen molar-refractivity contribution in [3.05, 3.63) is 47.5 Å². The molecule has 2 aliphatic heterocycles. The van der Waals surface area contributed by atoms with E-state index >= 15 is 0 Å². The van der Waals surface area contributed by atoms with Gasteiger partial charge in [0.1, 0.15) is 17.3 Å². The number of aliphatic hydroxyl groups excluding tert-OH is 1. The number of benzene rings is 1. The van der Waals surface area contributed by atoms with Crippen molar-refractivity contribution in [1.82, 2.24) is 14.5 Å². The van der Waals surface area contributed by atoms with Crippen LogP contribution in [0.15, 0.2) is 30.5 Å². The number of carbonyl (C=O) groups excluding carboxylic acids is 1. The predicted molar refractivity (Wildman–Crippen MR) is 92.6 cm³/mol. The molecular formula is C19H23N3O3. The first kappa shape index (κ1) is 16.1. The molecule has 0 radical (unpaired) electrons. The van der Waals surface area contributed by atoms with Gasteiger partial charge in [0.2, 0.25) is 0 Å². The maximum atomic E-state index is 13.1. The SMILES string of the molecule is COc1cccc([C@H]2C[C@@H](O)CN2C(=O)c2cn3c(n2)CCCC3)c1. The Hall–Kier alpha value is -2.34. The lowest BCUT2D eigenvalue weighted by atomic mass is 10.0. The third-order valence-corrected chi connectivity index (χ3v) is 5.15. The fraction of sp³-hybridized carbons (Fsp3) is 0.474. The van der Waals surface area contributed by atoms with E-state index in [1.807, 2.05) is 30.5 Å². The minimum atomic E-state index is -0.516. The molecule has 0 spiro atoms. The quantitative estimate of drug-likeness (QED) is 0.929. The highest BCUT2D eigenvalue weighted by Gasteiger charge is 2.37. The van der Waals surface area contributed by atoms with Crippen molar-refractivity contribution in [1.29, 1.82) is 0 Å². The minimum Gasteiger partial charge on any atom is -0.497 e. The van der Waals surface area contributed by atoms with Crippen LogP contribution in [0, 0.1) is 0 Å². The number of imidazole rings is 1. The lowest BCUT2D eigenvalue weighted by molar-refractivity contribution is 0.0710. The van der Waals surface area contributed by atoms with Crippen LogP contribution in [-0.4, -0.2) is 45.2 Å². The molecule has 4 rings (SSSR count). The average molecular weight is 341 g/mol. The molecule has 0 saturated carbocycles. The van der Waals surface area contributed by atoms with E-state index in [2.05, 4.69) is 9.55 Å². The van der Waals surface area contributed by atoms with Crippen LogP contribution in [0.4, 0.5) is 0 Å². The Morgan fingerprint density at radius 1 is 1.36 bits per heavy atom. The van der Waals surface area contributed by atoms with Crippen LogP contribution in [-0.2, 0) is 13.0 Å². The maximum Gasteiger partial charge on any atom is 0.274 e. The summed E-state index contributed by atoms with van der Waals surface area (Å²) in [5, 5.41) is 10.2. The molecule has 0 unspecified atom stereocenters. The smallest absolute Gasteiger partial charge is 0.274 e. The Morgan fingerprint density at radius 3 is 3.04 bits per heavy atom. The average Bonchev–Trinajstić information content (AvgIpc) is 3.24. The number of amides is 1. The molecule has 2 atom stereocenters. The molecule has 25 heavy (non-hydrogen) atoms. The zero-order valence-electron chi connectivity index (χ0n) is 14.4. The van der Waals surface area contributed by atoms with Crippen LogP contribution >= 0.6 is 0 Å². The summed E-state index contributed by atoms with van der Waals surface area (Å²) >= 11 is 0. The molecule has 132 valence electrons. The number of nitrogens with zero attached hydrogens (tertiary/aromatic N) is 3. The molecule has 3 heterocycles. The zero-order chi connectivity index (χ0) is 17.4. The molecule has 1 saturated heterocycles. The van der Waals surface area contributed by atoms with Crippen LogP contribution in [0.3, 0.4) is 0 Å². The monoisotopic (exact) mass is 341 g/mol. The summed E-state index contributed by atoms with van der Waals surface area (Å²) < 4.78 is 7.38. The number of carbonyl (C=O) groups is 1. The molecular weight excluding hydrogens is 318 g/mol. The van der Waals surface area contributed by atoms with Gasteiger partial charge >= 0.3 is 0 Å². The van der Waals surface area contributed by atoms with E-state index in [-0.39, 0.29) is 11.9 Å². The molecule has 6 heteroatoms. The molecule has 1 aromatic carbocycles. The molecule has 2 aromatic rings. The second-order valence-electron chi connectivity index (χ2n) is 6.83. The van der Waals surface area contributed by atoms with Gasteiger partial charge in [0.15, 0.2) is 0 Å². The van der Waals surface area contributed by atoms with Gasteiger partial charge in [-0.15, -0.1) is 0 Å². The summed E-state index contributed by atoms with van der Waals surface area (Å²) in [4.78, 5) is 19.3. The number of β-amino-alcohol motifs (C(OH)–C–C–N with tert-alkyl or cyclic N) is 1. The van der Waals surface area contributed by atoms with Gasteiger partial charge in [-0.2, -0.15) is 0 Å². The summed E-state index contributed by atoms with van der Waals surface area (Å²) in [6.07, 6.45) is 5.06. The summed E-state index contributed by atoms with van der Waals surface area (Å²) in [5.41, 5.74) is 1.46. The second-order valence-corrected chi connectivity index (χ2v) is 6.83. The van der Waals surface area contributed by atoms with Crippen LogP contribution in [0.1, 0.15) is 47.2 Å². The Balaban J connectivity index is 1.62. The van der Waals surface area contributed by atoms with Crippen LogP contribution in [0.25, 0.3) is 0 Å². The van der Waals surface area contributed by atoms with Gasteiger partial charge in [0.05, 0.1) is 19.3 Å². The zero-order valence-corrected chi connectivity index (χ0v) is 14.4. The first-order valence-corrected chi connectivity index (χ1v) is 8.84. The lowest BCUT2D eigenvalue weighted by Gasteiger charge is -2.24. The molecule has 0 aliphatic carbocycles. The Morgan fingerprint density at radius 2 is 2.24 bits per heavy atom. The van der Waals surface area contributed by atoms with Gasteiger partial charge in [-0.3, -0.25) is 4.79 Å². The molecule has 1 amide bonds. The first-order chi connectivity index (χ1) is 12.2. The summed E-state index contributed by atoms with van der Waals surface area (Å²) in [6, 6.07) is 7.54. The third-order valence-electron chi connectivity index (χ3n) is 5.15. The highest BCUT2D eigenvalue weighted by atomic mass is 16.5. The second kappa shape index (κ2) is 6.52. The van der Waals surface area contributed by atoms with Gasteiger partial charge in [-0.1, -0.05) is 12.1 Å². The van der Waals surface area contributed by atoms with E-state index in [0.29, 0.717) is 18.7 Å². The number of hydrogen-bond acceptors (Lipinski definition) is 4. The van der Waals surface area contributed by atoms with Gasteiger partial charge in [-0.25, -0.2) is 4.98 Å². The number of ether oxygens (including phenoxy) is 1. The molecule has 6 nitrogen and oxygen atoms in total. The maximum absolute atomic E-state index is 13.1. The van der Waals surface area contributed by atoms with Crippen LogP contribution in [0.5, 0.6) is 5.75 Å². The number of likely N-dealkylation sites (tertiary alicyclic amines) is 1. The van der Waals surface area contributed by atoms with E-state index in [1.165, 1.54) is 0 Å². The topological polar surface area (TPSA) is 67.6 Å². The Labute approximate surface area is 147 Å². The standard InChI is InChI=1S/C19H23N3O3/c1-25-15-6-4-5-13(9-15)17-10-14(23)11-22(17)19(24)16-12-21-8-3-2-7-18(21)20-16/h4-6,9,12,14,17,23H,2-3,7-8,10-11H2,1H3/t14-,17-/m1/s1. The minimum absolute atomic E-state index is 0.105. The van der Waals surface area contributed by atoms with Crippen LogP contribution in [0.2, 0.25) is 0 Å². The normalized spacial score (nSPS) is 22.7. The predicted octanol–water partition coefficient (Wildman–Crippen LogP) is 2.18. The highest BCUT2D eigenvalue weighted by Crippen LogP contribution is 2.34. The number of aryl methyl sites for hydroxylation is 2. The van der Waals surface area contributed by atoms with Crippen molar-refractivity contribution in [2.24, 2.45) is 0 Å². The summed E-state index contributed by atoms with van der Waals surface area (Å²) in [6.45, 7) is 1.26. The molecule has 2 aliphatic rings. The van der Waals surface area contributed by atoms with Crippen molar-refractivity contribution in [3.8, 4) is 5.75 Å². The summed E-state index contributed by atoms with van der Waals surface area (Å²) in [5.74, 6) is 1.64. The van der Waals surface area contributed by atoms with Crippen molar-refractivity contribution in [2.45, 2.75) is 44.4 Å². The number of aromatic nitrogens is 2. The van der Waals surface area contributed by atoms with E-state index in [4.69, 9.17) is 4.74 Å². The van der Waals surface area contributed by atoms with Crippen molar-refractivity contribution in [2.75, 3.05) is 13.7 Å². The summed E-state index contributed by atoms with van der Waals surface area (Å²) in [7, 11) is 1.63. The molecule has 0 bridgehead atoms. The molecule has 1 fully saturated rings. The van der Waals surface area contributed by atoms with Crippen molar-refractivity contribution < 1.29 is 14.6 Å². The van der Waals surface area contributed by atoms with Crippen molar-refractivity contribution >= 4 is 5.91 Å². The number of methoxy groups -OCH3 is 1. The van der Waals surface area contributed by atoms with Crippen LogP contribution < -0.4 is 4.74 Å². The lowest BCUT2D eigenvalue weighted by Crippen LogP contribution is -2.32. The van der Waals surface area contributed by atoms with Gasteiger partial charge in [-0.05, 0) is 37.0 Å². The Bertz CT molecular complexity index is 762. The largest absolute Gasteiger partial charge is 0.497 e. The fourth-order valence-electron chi connectivity index (χ4n) is 3.87. The van der Waals surface area contributed by atoms with E-state index in [9.17, 15) is 9.90 Å². The van der Waals surface area contributed by atoms with E-state index < -0.39 is 6.10 Å². The third kappa shape index (κ3) is 3.02. The first-order valence-electron chi connectivity index (χ1n) is 8.84. The molecule has 1 N–H and O–H groups in total. The van der Waals surface area contributed by atoms with Gasteiger partial charge in [0, 0.05) is 25.7 Å². The molecule has 1 aromatic heterocycles. The Kier molecular flexibility index (Phi) is 4.21. The highest BCUT2D eigenvalue weighted by molar-refractivity contribution is 5.92. The number of rotatable bonds is 3. The van der Waals surface area contributed by atoms with E-state index in [1.54, 1.807) is 12.0 Å².